The van der Waals surface area contributed by atoms with E-state index >= 15 is 0 Å². The van der Waals surface area contributed by atoms with Crippen molar-refractivity contribution in [3.8, 4) is 0 Å². The van der Waals surface area contributed by atoms with Crippen LogP contribution in [0.4, 0.5) is 5.69 Å². The van der Waals surface area contributed by atoms with Crippen molar-refractivity contribution in [3.63, 3.8) is 0 Å². The van der Waals surface area contributed by atoms with Crippen LogP contribution in [-0.2, 0) is 10.0 Å². The van der Waals surface area contributed by atoms with Crippen molar-refractivity contribution in [2.45, 2.75) is 49.5 Å². The van der Waals surface area contributed by atoms with E-state index in [2.05, 4.69) is 4.72 Å². The Hall–Kier alpha value is -1.47. The normalized spacial score (nSPS) is 17.6. The van der Waals surface area contributed by atoms with Gasteiger partial charge in [-0.1, -0.05) is 37.8 Å². The number of para-hydroxylation sites is 1. The molecule has 1 aliphatic rings. The monoisotopic (exact) mass is 298 g/mol. The molecule has 6 nitrogen and oxygen atoms in total. The molecule has 2 rings (SSSR count). The maximum atomic E-state index is 12.3. The van der Waals surface area contributed by atoms with Crippen LogP contribution in [0.25, 0.3) is 0 Å². The first kappa shape index (κ1) is 14.9. The van der Waals surface area contributed by atoms with E-state index in [1.807, 2.05) is 0 Å². The molecular formula is C13H18N2O4S. The number of sulfonamides is 1. The quantitative estimate of drug-likeness (QED) is 0.525. The zero-order chi connectivity index (χ0) is 14.6. The van der Waals surface area contributed by atoms with Crippen LogP contribution >= 0.6 is 0 Å². The Bertz CT molecular complexity index is 578. The van der Waals surface area contributed by atoms with Crippen LogP contribution < -0.4 is 4.72 Å². The minimum Gasteiger partial charge on any atom is -0.258 e. The molecule has 1 saturated carbocycles. The van der Waals surface area contributed by atoms with Crippen molar-refractivity contribution in [2.75, 3.05) is 0 Å². The Labute approximate surface area is 118 Å². The van der Waals surface area contributed by atoms with Crippen LogP contribution in [0.15, 0.2) is 29.2 Å². The summed E-state index contributed by atoms with van der Waals surface area (Å²) in [5.41, 5.74) is -0.381. The lowest BCUT2D eigenvalue weighted by Crippen LogP contribution is -2.34. The molecule has 0 saturated heterocycles. The maximum absolute atomic E-state index is 12.3. The third-order valence-corrected chi connectivity index (χ3v) is 5.10. The summed E-state index contributed by atoms with van der Waals surface area (Å²) >= 11 is 0. The molecular weight excluding hydrogens is 280 g/mol. The SMILES string of the molecule is O=[N+]([O-])c1ccccc1S(=O)(=O)NC1CCCCCC1. The van der Waals surface area contributed by atoms with Crippen molar-refractivity contribution in [2.24, 2.45) is 0 Å². The summed E-state index contributed by atoms with van der Waals surface area (Å²) < 4.78 is 27.3. The van der Waals surface area contributed by atoms with Gasteiger partial charge in [-0.15, -0.1) is 0 Å². The smallest absolute Gasteiger partial charge is 0.258 e. The molecule has 7 heteroatoms. The number of benzene rings is 1. The lowest BCUT2D eigenvalue weighted by molar-refractivity contribution is -0.387. The molecule has 110 valence electrons. The lowest BCUT2D eigenvalue weighted by Gasteiger charge is -2.16. The van der Waals surface area contributed by atoms with Crippen LogP contribution in [0.5, 0.6) is 0 Å². The highest BCUT2D eigenvalue weighted by molar-refractivity contribution is 7.89. The van der Waals surface area contributed by atoms with Gasteiger partial charge in [-0.05, 0) is 18.9 Å². The molecule has 0 heterocycles. The molecule has 1 N–H and O–H groups in total. The van der Waals surface area contributed by atoms with Gasteiger partial charge in [0.15, 0.2) is 4.90 Å². The van der Waals surface area contributed by atoms with Gasteiger partial charge in [0.2, 0.25) is 10.0 Å². The first-order chi connectivity index (χ1) is 9.50. The predicted molar refractivity (Wildman–Crippen MR) is 74.9 cm³/mol. The molecule has 0 bridgehead atoms. The Morgan fingerprint density at radius 2 is 1.70 bits per heavy atom. The second-order valence-corrected chi connectivity index (χ2v) is 6.72. The number of nitrogens with zero attached hydrogens (tertiary/aromatic N) is 1. The van der Waals surface area contributed by atoms with Gasteiger partial charge in [-0.2, -0.15) is 0 Å². The van der Waals surface area contributed by atoms with Crippen LogP contribution in [0.2, 0.25) is 0 Å². The van der Waals surface area contributed by atoms with E-state index in [4.69, 9.17) is 0 Å². The fraction of sp³-hybridized carbons (Fsp3) is 0.538. The second-order valence-electron chi connectivity index (χ2n) is 5.03. The number of nitro benzene ring substituents is 1. The summed E-state index contributed by atoms with van der Waals surface area (Å²) in [7, 11) is -3.84. The molecule has 1 aromatic carbocycles. The molecule has 1 aromatic rings. The van der Waals surface area contributed by atoms with E-state index in [0.29, 0.717) is 0 Å². The number of nitro groups is 1. The minimum atomic E-state index is -3.84. The van der Waals surface area contributed by atoms with E-state index in [9.17, 15) is 18.5 Å². The van der Waals surface area contributed by atoms with Crippen LogP contribution in [0, 0.1) is 10.1 Å². The number of hydrogen-bond donors (Lipinski definition) is 1. The lowest BCUT2D eigenvalue weighted by atomic mass is 10.1. The Morgan fingerprint density at radius 1 is 1.10 bits per heavy atom. The zero-order valence-electron chi connectivity index (χ0n) is 11.1. The summed E-state index contributed by atoms with van der Waals surface area (Å²) in [6.45, 7) is 0. The van der Waals surface area contributed by atoms with Gasteiger partial charge >= 0.3 is 0 Å². The van der Waals surface area contributed by atoms with Gasteiger partial charge in [0, 0.05) is 12.1 Å². The molecule has 0 radical (unpaired) electrons. The summed E-state index contributed by atoms with van der Waals surface area (Å²) in [5, 5.41) is 10.9. The number of nitrogens with one attached hydrogen (secondary N) is 1. The highest BCUT2D eigenvalue weighted by Gasteiger charge is 2.27. The van der Waals surface area contributed by atoms with Gasteiger partial charge < -0.3 is 0 Å². The number of hydrogen-bond acceptors (Lipinski definition) is 4. The van der Waals surface area contributed by atoms with E-state index in [-0.39, 0.29) is 16.6 Å². The first-order valence-electron chi connectivity index (χ1n) is 6.76. The van der Waals surface area contributed by atoms with E-state index in [1.165, 1.54) is 24.3 Å². The van der Waals surface area contributed by atoms with E-state index in [1.54, 1.807) is 0 Å². The molecule has 0 aromatic heterocycles. The molecule has 1 aliphatic carbocycles. The zero-order valence-corrected chi connectivity index (χ0v) is 11.9. The van der Waals surface area contributed by atoms with Crippen molar-refractivity contribution in [1.29, 1.82) is 0 Å². The summed E-state index contributed by atoms with van der Waals surface area (Å²) in [6.07, 6.45) is 5.79. The standard InChI is InChI=1S/C13H18N2O4S/c16-15(17)12-9-5-6-10-13(12)20(18,19)14-11-7-3-1-2-4-8-11/h5-6,9-11,14H,1-4,7-8H2. The fourth-order valence-electron chi connectivity index (χ4n) is 2.52. The highest BCUT2D eigenvalue weighted by Crippen LogP contribution is 2.25. The van der Waals surface area contributed by atoms with E-state index in [0.717, 1.165) is 38.5 Å². The van der Waals surface area contributed by atoms with Crippen LogP contribution in [0.3, 0.4) is 0 Å². The van der Waals surface area contributed by atoms with Crippen LogP contribution in [0.1, 0.15) is 38.5 Å². The van der Waals surface area contributed by atoms with Gasteiger partial charge in [-0.3, -0.25) is 10.1 Å². The predicted octanol–water partition coefficient (Wildman–Crippen LogP) is 2.60. The maximum Gasteiger partial charge on any atom is 0.289 e. The molecule has 20 heavy (non-hydrogen) atoms. The third-order valence-electron chi connectivity index (χ3n) is 3.53. The van der Waals surface area contributed by atoms with Crippen molar-refractivity contribution < 1.29 is 13.3 Å². The fourth-order valence-corrected chi connectivity index (χ4v) is 3.99. The van der Waals surface area contributed by atoms with Gasteiger partial charge in [0.05, 0.1) is 4.92 Å². The van der Waals surface area contributed by atoms with E-state index < -0.39 is 14.9 Å². The Kier molecular flexibility index (Phi) is 4.72. The van der Waals surface area contributed by atoms with Crippen molar-refractivity contribution >= 4 is 15.7 Å². The van der Waals surface area contributed by atoms with Gasteiger partial charge in [0.1, 0.15) is 0 Å². The second kappa shape index (κ2) is 6.32. The molecule has 0 aliphatic heterocycles. The van der Waals surface area contributed by atoms with Crippen molar-refractivity contribution in [1.82, 2.24) is 4.72 Å². The number of rotatable bonds is 4. The minimum absolute atomic E-state index is 0.123. The average molecular weight is 298 g/mol. The third kappa shape index (κ3) is 3.55. The van der Waals surface area contributed by atoms with Crippen molar-refractivity contribution in [3.05, 3.63) is 34.4 Å². The van der Waals surface area contributed by atoms with Gasteiger partial charge in [0.25, 0.3) is 5.69 Å². The van der Waals surface area contributed by atoms with Crippen LogP contribution in [-0.4, -0.2) is 19.4 Å². The summed E-state index contributed by atoms with van der Waals surface area (Å²) in [5.74, 6) is 0. The first-order valence-corrected chi connectivity index (χ1v) is 8.25. The Morgan fingerprint density at radius 3 is 2.30 bits per heavy atom. The summed E-state index contributed by atoms with van der Waals surface area (Å²) in [4.78, 5) is 10.0. The molecule has 0 atom stereocenters. The molecule has 1 fully saturated rings. The topological polar surface area (TPSA) is 89.3 Å². The molecule has 0 spiro atoms. The molecule has 0 amide bonds. The largest absolute Gasteiger partial charge is 0.289 e. The average Bonchev–Trinajstić information content (AvgIpc) is 2.67. The molecule has 0 unspecified atom stereocenters. The highest BCUT2D eigenvalue weighted by atomic mass is 32.2. The van der Waals surface area contributed by atoms with Gasteiger partial charge in [-0.25, -0.2) is 13.1 Å². The Balaban J connectivity index is 2.24. The summed E-state index contributed by atoms with van der Waals surface area (Å²) in [6, 6.07) is 5.32.